The van der Waals surface area contributed by atoms with E-state index in [4.69, 9.17) is 4.74 Å². The lowest BCUT2D eigenvalue weighted by Gasteiger charge is -2.36. The van der Waals surface area contributed by atoms with Crippen molar-refractivity contribution < 1.29 is 9.53 Å². The van der Waals surface area contributed by atoms with Gasteiger partial charge in [-0.3, -0.25) is 4.79 Å². The van der Waals surface area contributed by atoms with Crippen LogP contribution in [0.1, 0.15) is 19.8 Å². The maximum atomic E-state index is 12.4. The summed E-state index contributed by atoms with van der Waals surface area (Å²) in [6.45, 7) is 5.37. The van der Waals surface area contributed by atoms with Gasteiger partial charge < -0.3 is 14.5 Å². The number of nitrogens with zero attached hydrogens (tertiary/aromatic N) is 3. The Bertz CT molecular complexity index is 491. The highest BCUT2D eigenvalue weighted by Crippen LogP contribution is 2.37. The number of hydrogen-bond acceptors (Lipinski definition) is 4. The lowest BCUT2D eigenvalue weighted by Crippen LogP contribution is -2.50. The van der Waals surface area contributed by atoms with Crippen molar-refractivity contribution in [1.82, 2.24) is 9.88 Å². The first-order valence-corrected chi connectivity index (χ1v) is 7.73. The molecule has 3 rings (SSSR count). The number of ether oxygens (including phenoxy) is 1. The average Bonchev–Trinajstić information content (AvgIpc) is 3.39. The molecule has 2 heterocycles. The Morgan fingerprint density at radius 1 is 1.29 bits per heavy atom. The molecule has 114 valence electrons. The highest BCUT2D eigenvalue weighted by molar-refractivity contribution is 5.79. The van der Waals surface area contributed by atoms with Gasteiger partial charge in [0.15, 0.2) is 0 Å². The Kier molecular flexibility index (Phi) is 3.99. The number of hydrogen-bond donors (Lipinski definition) is 0. The predicted octanol–water partition coefficient (Wildman–Crippen LogP) is 1.78. The summed E-state index contributed by atoms with van der Waals surface area (Å²) in [6.07, 6.45) is 4.19. The number of anilines is 1. The third-order valence-corrected chi connectivity index (χ3v) is 4.59. The molecular weight excluding hydrogens is 266 g/mol. The SMILES string of the molecule is COc1ccc(N2CCN(C(=O)C(C)C3CC3)CC2)nc1. The van der Waals surface area contributed by atoms with Crippen LogP contribution < -0.4 is 9.64 Å². The van der Waals surface area contributed by atoms with Gasteiger partial charge in [0.05, 0.1) is 13.3 Å². The Morgan fingerprint density at radius 2 is 2.00 bits per heavy atom. The van der Waals surface area contributed by atoms with Gasteiger partial charge in [-0.25, -0.2) is 4.98 Å². The number of rotatable bonds is 4. The molecule has 0 spiro atoms. The molecule has 5 nitrogen and oxygen atoms in total. The molecule has 1 aliphatic heterocycles. The summed E-state index contributed by atoms with van der Waals surface area (Å²) in [5.74, 6) is 2.90. The molecule has 1 amide bonds. The van der Waals surface area contributed by atoms with Crippen LogP contribution in [0, 0.1) is 11.8 Å². The second kappa shape index (κ2) is 5.92. The number of carbonyl (C=O) groups is 1. The van der Waals surface area contributed by atoms with Crippen molar-refractivity contribution in [2.45, 2.75) is 19.8 Å². The van der Waals surface area contributed by atoms with E-state index in [1.807, 2.05) is 17.0 Å². The molecule has 2 aliphatic rings. The van der Waals surface area contributed by atoms with Crippen molar-refractivity contribution in [3.63, 3.8) is 0 Å². The van der Waals surface area contributed by atoms with E-state index in [0.717, 1.165) is 37.7 Å². The Morgan fingerprint density at radius 3 is 2.52 bits per heavy atom. The summed E-state index contributed by atoms with van der Waals surface area (Å²) in [7, 11) is 1.64. The summed E-state index contributed by atoms with van der Waals surface area (Å²) in [5.41, 5.74) is 0. The van der Waals surface area contributed by atoms with E-state index in [1.54, 1.807) is 13.3 Å². The summed E-state index contributed by atoms with van der Waals surface area (Å²) < 4.78 is 5.13. The predicted molar refractivity (Wildman–Crippen MR) is 81.5 cm³/mol. The molecule has 1 aliphatic carbocycles. The standard InChI is InChI=1S/C16H23N3O2/c1-12(13-3-4-13)16(20)19-9-7-18(8-10-19)15-6-5-14(21-2)11-17-15/h5-6,11-13H,3-4,7-10H2,1-2H3. The molecule has 0 N–H and O–H groups in total. The van der Waals surface area contributed by atoms with Crippen molar-refractivity contribution in [3.05, 3.63) is 18.3 Å². The Hall–Kier alpha value is -1.78. The molecule has 0 aromatic carbocycles. The van der Waals surface area contributed by atoms with Crippen LogP contribution in [-0.4, -0.2) is 49.1 Å². The van der Waals surface area contributed by atoms with Crippen molar-refractivity contribution in [2.24, 2.45) is 11.8 Å². The normalized spacial score (nSPS) is 20.3. The van der Waals surface area contributed by atoms with E-state index in [-0.39, 0.29) is 5.92 Å². The van der Waals surface area contributed by atoms with Crippen LogP contribution in [0.25, 0.3) is 0 Å². The lowest BCUT2D eigenvalue weighted by molar-refractivity contribution is -0.135. The lowest BCUT2D eigenvalue weighted by atomic mass is 10.0. The Balaban J connectivity index is 1.55. The molecule has 1 saturated heterocycles. The first kappa shape index (κ1) is 14.2. The van der Waals surface area contributed by atoms with Gasteiger partial charge in [-0.1, -0.05) is 6.92 Å². The fraction of sp³-hybridized carbons (Fsp3) is 0.625. The molecule has 0 radical (unpaired) electrons. The van der Waals surface area contributed by atoms with Gasteiger partial charge in [0.1, 0.15) is 11.6 Å². The molecule has 1 atom stereocenters. The fourth-order valence-corrected chi connectivity index (χ4v) is 2.92. The minimum absolute atomic E-state index is 0.204. The maximum Gasteiger partial charge on any atom is 0.225 e. The summed E-state index contributed by atoms with van der Waals surface area (Å²) >= 11 is 0. The van der Waals surface area contributed by atoms with Crippen LogP contribution in [0.4, 0.5) is 5.82 Å². The molecule has 1 aromatic heterocycles. The monoisotopic (exact) mass is 289 g/mol. The fourth-order valence-electron chi connectivity index (χ4n) is 2.92. The molecule has 21 heavy (non-hydrogen) atoms. The highest BCUT2D eigenvalue weighted by atomic mass is 16.5. The smallest absolute Gasteiger partial charge is 0.225 e. The summed E-state index contributed by atoms with van der Waals surface area (Å²) in [4.78, 5) is 21.0. The second-order valence-corrected chi connectivity index (χ2v) is 5.99. The Labute approximate surface area is 125 Å². The first-order valence-electron chi connectivity index (χ1n) is 7.73. The zero-order chi connectivity index (χ0) is 14.8. The van der Waals surface area contributed by atoms with Gasteiger partial charge in [-0.15, -0.1) is 0 Å². The van der Waals surface area contributed by atoms with E-state index in [9.17, 15) is 4.79 Å². The third kappa shape index (κ3) is 3.12. The number of methoxy groups -OCH3 is 1. The minimum atomic E-state index is 0.204. The van der Waals surface area contributed by atoms with E-state index in [2.05, 4.69) is 16.8 Å². The van der Waals surface area contributed by atoms with Gasteiger partial charge in [0.2, 0.25) is 5.91 Å². The number of piperazine rings is 1. The number of carbonyl (C=O) groups excluding carboxylic acids is 1. The average molecular weight is 289 g/mol. The summed E-state index contributed by atoms with van der Waals surface area (Å²) in [6, 6.07) is 3.90. The van der Waals surface area contributed by atoms with Crippen LogP contribution >= 0.6 is 0 Å². The largest absolute Gasteiger partial charge is 0.495 e. The number of amides is 1. The van der Waals surface area contributed by atoms with Crippen LogP contribution in [0.15, 0.2) is 18.3 Å². The maximum absolute atomic E-state index is 12.4. The van der Waals surface area contributed by atoms with Crippen molar-refractivity contribution in [1.29, 1.82) is 0 Å². The summed E-state index contributed by atoms with van der Waals surface area (Å²) in [5, 5.41) is 0. The van der Waals surface area contributed by atoms with E-state index in [0.29, 0.717) is 11.8 Å². The van der Waals surface area contributed by atoms with Crippen LogP contribution in [0.2, 0.25) is 0 Å². The van der Waals surface area contributed by atoms with Crippen LogP contribution in [0.3, 0.4) is 0 Å². The first-order chi connectivity index (χ1) is 10.2. The quantitative estimate of drug-likeness (QED) is 0.847. The molecule has 1 unspecified atom stereocenters. The van der Waals surface area contributed by atoms with Gasteiger partial charge in [0, 0.05) is 32.1 Å². The van der Waals surface area contributed by atoms with Crippen molar-refractivity contribution >= 4 is 11.7 Å². The van der Waals surface area contributed by atoms with Gasteiger partial charge in [-0.2, -0.15) is 0 Å². The molecular formula is C16H23N3O2. The minimum Gasteiger partial charge on any atom is -0.495 e. The van der Waals surface area contributed by atoms with Crippen molar-refractivity contribution in [3.8, 4) is 5.75 Å². The molecule has 1 saturated carbocycles. The molecule has 1 aromatic rings. The number of aromatic nitrogens is 1. The van der Waals surface area contributed by atoms with Crippen LogP contribution in [0.5, 0.6) is 5.75 Å². The van der Waals surface area contributed by atoms with E-state index < -0.39 is 0 Å². The van der Waals surface area contributed by atoms with Crippen molar-refractivity contribution in [2.75, 3.05) is 38.2 Å². The van der Waals surface area contributed by atoms with Gasteiger partial charge in [-0.05, 0) is 30.9 Å². The molecule has 2 fully saturated rings. The topological polar surface area (TPSA) is 45.7 Å². The van der Waals surface area contributed by atoms with E-state index >= 15 is 0 Å². The zero-order valence-electron chi connectivity index (χ0n) is 12.8. The van der Waals surface area contributed by atoms with Gasteiger partial charge >= 0.3 is 0 Å². The molecule has 5 heteroatoms. The third-order valence-electron chi connectivity index (χ3n) is 4.59. The van der Waals surface area contributed by atoms with E-state index in [1.165, 1.54) is 12.8 Å². The molecule has 0 bridgehead atoms. The number of pyridine rings is 1. The van der Waals surface area contributed by atoms with Crippen LogP contribution in [-0.2, 0) is 4.79 Å². The highest BCUT2D eigenvalue weighted by Gasteiger charge is 2.35. The zero-order valence-corrected chi connectivity index (χ0v) is 12.8. The van der Waals surface area contributed by atoms with Gasteiger partial charge in [0.25, 0.3) is 0 Å². The second-order valence-electron chi connectivity index (χ2n) is 5.99.